The molecule has 78 valence electrons. The predicted molar refractivity (Wildman–Crippen MR) is 50.7 cm³/mol. The van der Waals surface area contributed by atoms with Crippen molar-refractivity contribution in [3.05, 3.63) is 29.6 Å². The van der Waals surface area contributed by atoms with Gasteiger partial charge in [-0.3, -0.25) is 0 Å². The summed E-state index contributed by atoms with van der Waals surface area (Å²) in [6.07, 6.45) is -1.33. The van der Waals surface area contributed by atoms with Gasteiger partial charge in [0.15, 0.2) is 0 Å². The lowest BCUT2D eigenvalue weighted by atomic mass is 10.1. The van der Waals surface area contributed by atoms with E-state index in [9.17, 15) is 8.78 Å². The van der Waals surface area contributed by atoms with Gasteiger partial charge in [0, 0.05) is 18.2 Å². The fourth-order valence-electron chi connectivity index (χ4n) is 1.18. The molecule has 0 aliphatic rings. The van der Waals surface area contributed by atoms with Crippen LogP contribution in [0.25, 0.3) is 0 Å². The average Bonchev–Trinajstić information content (AvgIpc) is 2.17. The average molecular weight is 201 g/mol. The molecule has 0 saturated heterocycles. The predicted octanol–water partition coefficient (Wildman–Crippen LogP) is 2.06. The van der Waals surface area contributed by atoms with Gasteiger partial charge in [0.2, 0.25) is 0 Å². The first-order valence-corrected chi connectivity index (χ1v) is 4.31. The molecule has 1 unspecified atom stereocenters. The number of ether oxygens (including phenoxy) is 1. The second-order valence-electron chi connectivity index (χ2n) is 2.91. The van der Waals surface area contributed by atoms with Crippen molar-refractivity contribution in [2.24, 2.45) is 0 Å². The Hall–Kier alpha value is -1.16. The Kier molecular flexibility index (Phi) is 3.83. The van der Waals surface area contributed by atoms with Gasteiger partial charge in [-0.05, 0) is 19.2 Å². The SMILES string of the molecule is CNCC(F)c1ccc(OC)cc1F. The van der Waals surface area contributed by atoms with Crippen LogP contribution in [0.15, 0.2) is 18.2 Å². The van der Waals surface area contributed by atoms with Crippen LogP contribution in [0, 0.1) is 5.82 Å². The second-order valence-corrected chi connectivity index (χ2v) is 2.91. The molecule has 0 amide bonds. The molecule has 0 heterocycles. The summed E-state index contributed by atoms with van der Waals surface area (Å²) in [5.41, 5.74) is 0.0557. The minimum Gasteiger partial charge on any atom is -0.497 e. The molecule has 2 nitrogen and oxygen atoms in total. The van der Waals surface area contributed by atoms with Crippen molar-refractivity contribution in [3.8, 4) is 5.75 Å². The highest BCUT2D eigenvalue weighted by atomic mass is 19.1. The lowest BCUT2D eigenvalue weighted by molar-refractivity contribution is 0.324. The van der Waals surface area contributed by atoms with E-state index < -0.39 is 12.0 Å². The van der Waals surface area contributed by atoms with E-state index in [-0.39, 0.29) is 12.1 Å². The van der Waals surface area contributed by atoms with E-state index in [1.807, 2.05) is 0 Å². The molecule has 14 heavy (non-hydrogen) atoms. The summed E-state index contributed by atoms with van der Waals surface area (Å²) in [6.45, 7) is 0.100. The van der Waals surface area contributed by atoms with Gasteiger partial charge in [-0.2, -0.15) is 0 Å². The smallest absolute Gasteiger partial charge is 0.140 e. The first-order valence-electron chi connectivity index (χ1n) is 4.31. The third-order valence-corrected chi connectivity index (χ3v) is 1.93. The van der Waals surface area contributed by atoms with Gasteiger partial charge in [-0.25, -0.2) is 8.78 Å². The topological polar surface area (TPSA) is 21.3 Å². The van der Waals surface area contributed by atoms with Crippen LogP contribution in [0.1, 0.15) is 11.7 Å². The number of hydrogen-bond acceptors (Lipinski definition) is 2. The van der Waals surface area contributed by atoms with Gasteiger partial charge in [0.05, 0.1) is 7.11 Å². The molecule has 1 aromatic rings. The molecule has 1 rings (SSSR count). The molecule has 4 heteroatoms. The lowest BCUT2D eigenvalue weighted by Gasteiger charge is -2.09. The zero-order chi connectivity index (χ0) is 10.6. The molecular formula is C10H13F2NO. The molecule has 0 fully saturated rings. The zero-order valence-corrected chi connectivity index (χ0v) is 8.18. The van der Waals surface area contributed by atoms with Crippen LogP contribution in [0.2, 0.25) is 0 Å². The van der Waals surface area contributed by atoms with E-state index in [0.717, 1.165) is 0 Å². The van der Waals surface area contributed by atoms with E-state index in [1.54, 1.807) is 13.1 Å². The third kappa shape index (κ3) is 2.42. The number of rotatable bonds is 4. The molecule has 0 bridgehead atoms. The van der Waals surface area contributed by atoms with Crippen LogP contribution in [0.5, 0.6) is 5.75 Å². The summed E-state index contributed by atoms with van der Waals surface area (Å²) in [5, 5.41) is 2.65. The van der Waals surface area contributed by atoms with Crippen LogP contribution in [0.3, 0.4) is 0 Å². The van der Waals surface area contributed by atoms with E-state index >= 15 is 0 Å². The minimum atomic E-state index is -1.33. The number of alkyl halides is 1. The van der Waals surface area contributed by atoms with Gasteiger partial charge in [0.1, 0.15) is 17.7 Å². The molecular weight excluding hydrogens is 188 g/mol. The van der Waals surface area contributed by atoms with Crippen LogP contribution in [0.4, 0.5) is 8.78 Å². The van der Waals surface area contributed by atoms with Crippen molar-refractivity contribution in [2.45, 2.75) is 6.17 Å². The van der Waals surface area contributed by atoms with E-state index in [0.29, 0.717) is 5.75 Å². The summed E-state index contributed by atoms with van der Waals surface area (Å²) in [5.74, 6) is -0.185. The van der Waals surface area contributed by atoms with Crippen LogP contribution in [-0.4, -0.2) is 20.7 Å². The van der Waals surface area contributed by atoms with Crippen LogP contribution >= 0.6 is 0 Å². The van der Waals surface area contributed by atoms with E-state index in [4.69, 9.17) is 4.74 Å². The van der Waals surface area contributed by atoms with E-state index in [1.165, 1.54) is 19.2 Å². The largest absolute Gasteiger partial charge is 0.497 e. The van der Waals surface area contributed by atoms with Gasteiger partial charge < -0.3 is 10.1 Å². The maximum Gasteiger partial charge on any atom is 0.140 e. The summed E-state index contributed by atoms with van der Waals surface area (Å²) in [6, 6.07) is 4.12. The maximum atomic E-state index is 13.3. The fraction of sp³-hybridized carbons (Fsp3) is 0.400. The Labute approximate surface area is 81.9 Å². The standard InChI is InChI=1S/C10H13F2NO/c1-13-6-10(12)8-4-3-7(14-2)5-9(8)11/h3-5,10,13H,6H2,1-2H3. The Morgan fingerprint density at radius 2 is 2.21 bits per heavy atom. The summed E-state index contributed by atoms with van der Waals surface area (Å²) >= 11 is 0. The normalized spacial score (nSPS) is 12.6. The highest BCUT2D eigenvalue weighted by molar-refractivity contribution is 5.30. The molecule has 0 saturated carbocycles. The number of halogens is 2. The quantitative estimate of drug-likeness (QED) is 0.805. The Bertz CT molecular complexity index is 304. The van der Waals surface area contributed by atoms with Gasteiger partial charge in [-0.15, -0.1) is 0 Å². The third-order valence-electron chi connectivity index (χ3n) is 1.93. The number of hydrogen-bond donors (Lipinski definition) is 1. The first-order chi connectivity index (χ1) is 6.69. The van der Waals surface area contributed by atoms with Crippen molar-refractivity contribution in [3.63, 3.8) is 0 Å². The Morgan fingerprint density at radius 1 is 1.50 bits per heavy atom. The van der Waals surface area contributed by atoms with Crippen molar-refractivity contribution in [2.75, 3.05) is 20.7 Å². The number of nitrogens with one attached hydrogen (secondary N) is 1. The molecule has 0 spiro atoms. The van der Waals surface area contributed by atoms with E-state index in [2.05, 4.69) is 5.32 Å². The number of methoxy groups -OCH3 is 1. The van der Waals surface area contributed by atoms with Gasteiger partial charge >= 0.3 is 0 Å². The molecule has 0 aromatic heterocycles. The Morgan fingerprint density at radius 3 is 2.71 bits per heavy atom. The molecule has 1 N–H and O–H groups in total. The number of benzene rings is 1. The lowest BCUT2D eigenvalue weighted by Crippen LogP contribution is -2.14. The number of likely N-dealkylation sites (N-methyl/N-ethyl adjacent to an activating group) is 1. The second kappa shape index (κ2) is 4.91. The van der Waals surface area contributed by atoms with Crippen molar-refractivity contribution >= 4 is 0 Å². The van der Waals surface area contributed by atoms with Crippen LogP contribution < -0.4 is 10.1 Å². The highest BCUT2D eigenvalue weighted by Gasteiger charge is 2.14. The molecule has 0 radical (unpaired) electrons. The summed E-state index contributed by atoms with van der Waals surface area (Å²) in [7, 11) is 3.06. The minimum absolute atomic E-state index is 0.0557. The van der Waals surface area contributed by atoms with Crippen molar-refractivity contribution < 1.29 is 13.5 Å². The molecule has 0 aliphatic heterocycles. The fourth-order valence-corrected chi connectivity index (χ4v) is 1.18. The van der Waals surface area contributed by atoms with Gasteiger partial charge in [0.25, 0.3) is 0 Å². The summed E-state index contributed by atoms with van der Waals surface area (Å²) < 4.78 is 31.4. The first kappa shape index (κ1) is 10.9. The Balaban J connectivity index is 2.88. The van der Waals surface area contributed by atoms with Crippen LogP contribution in [-0.2, 0) is 0 Å². The van der Waals surface area contributed by atoms with Crippen molar-refractivity contribution in [1.82, 2.24) is 5.32 Å². The molecule has 1 atom stereocenters. The summed E-state index contributed by atoms with van der Waals surface area (Å²) in [4.78, 5) is 0. The zero-order valence-electron chi connectivity index (χ0n) is 8.18. The highest BCUT2D eigenvalue weighted by Crippen LogP contribution is 2.23. The maximum absolute atomic E-state index is 13.3. The van der Waals surface area contributed by atoms with Gasteiger partial charge in [-0.1, -0.05) is 0 Å². The van der Waals surface area contributed by atoms with Crippen molar-refractivity contribution in [1.29, 1.82) is 0 Å². The molecule has 1 aromatic carbocycles. The molecule has 0 aliphatic carbocycles. The monoisotopic (exact) mass is 201 g/mol.